The Morgan fingerprint density at radius 2 is 1.31 bits per heavy atom. The Bertz CT molecular complexity index is 1120. The van der Waals surface area contributed by atoms with Crippen LogP contribution in [-0.4, -0.2) is 18.2 Å². The van der Waals surface area contributed by atoms with Crippen molar-refractivity contribution in [2.24, 2.45) is 0 Å². The Morgan fingerprint density at radius 1 is 0.688 bits per heavy atom. The third-order valence-electron chi connectivity index (χ3n) is 5.89. The van der Waals surface area contributed by atoms with Crippen molar-refractivity contribution >= 4 is 28.4 Å². The van der Waals surface area contributed by atoms with Crippen molar-refractivity contribution in [3.05, 3.63) is 60.2 Å². The molecular weight excluding hydrogens is 394 g/mol. The zero-order valence-corrected chi connectivity index (χ0v) is 20.3. The molecule has 0 bridgehead atoms. The maximum Gasteiger partial charge on any atom is 0.119 e. The van der Waals surface area contributed by atoms with E-state index in [2.05, 4.69) is 99.0 Å². The van der Waals surface area contributed by atoms with E-state index in [1.165, 1.54) is 39.4 Å². The first kappa shape index (κ1) is 22.1. The van der Waals surface area contributed by atoms with Gasteiger partial charge in [0.15, 0.2) is 0 Å². The van der Waals surface area contributed by atoms with Gasteiger partial charge in [-0.2, -0.15) is 0 Å². The minimum Gasteiger partial charge on any atom is -0.491 e. The maximum absolute atomic E-state index is 6.27. The van der Waals surface area contributed by atoms with Gasteiger partial charge in [0.2, 0.25) is 0 Å². The van der Waals surface area contributed by atoms with Crippen LogP contribution in [0.4, 0.5) is 28.4 Å². The largest absolute Gasteiger partial charge is 0.491 e. The topological polar surface area (TPSA) is 41.7 Å². The lowest BCUT2D eigenvalue weighted by atomic mass is 9.97. The molecule has 2 N–H and O–H groups in total. The fraction of sp³-hybridized carbons (Fsp3) is 0.357. The SMILES string of the molecule is Cc1cc(N)cc2c1N(C(C)C)c1cc(-c3ccc(OC(C)C)cc3)ccc1N2C(C)C. The van der Waals surface area contributed by atoms with Crippen LogP contribution in [0.15, 0.2) is 54.6 Å². The number of hydrogen-bond donors (Lipinski definition) is 1. The van der Waals surface area contributed by atoms with Crippen LogP contribution in [-0.2, 0) is 0 Å². The van der Waals surface area contributed by atoms with Crippen molar-refractivity contribution in [3.63, 3.8) is 0 Å². The summed E-state index contributed by atoms with van der Waals surface area (Å²) >= 11 is 0. The molecule has 0 unspecified atom stereocenters. The summed E-state index contributed by atoms with van der Waals surface area (Å²) in [5.74, 6) is 0.902. The van der Waals surface area contributed by atoms with Gasteiger partial charge in [-0.1, -0.05) is 18.2 Å². The summed E-state index contributed by atoms with van der Waals surface area (Å²) in [5.41, 5.74) is 15.5. The Labute approximate surface area is 192 Å². The molecule has 1 aliphatic heterocycles. The molecule has 1 aliphatic rings. The number of nitrogen functional groups attached to an aromatic ring is 1. The Kier molecular flexibility index (Phi) is 5.81. The third-order valence-corrected chi connectivity index (χ3v) is 5.89. The molecule has 0 saturated heterocycles. The molecule has 0 atom stereocenters. The number of ether oxygens (including phenoxy) is 1. The van der Waals surface area contributed by atoms with Crippen LogP contribution in [0.1, 0.15) is 47.1 Å². The molecule has 0 spiro atoms. The van der Waals surface area contributed by atoms with E-state index < -0.39 is 0 Å². The molecular formula is C28H35N3O. The van der Waals surface area contributed by atoms with Crippen LogP contribution in [0.5, 0.6) is 5.75 Å². The minimum absolute atomic E-state index is 0.170. The second kappa shape index (κ2) is 8.42. The highest BCUT2D eigenvalue weighted by molar-refractivity contribution is 5.97. The van der Waals surface area contributed by atoms with E-state index >= 15 is 0 Å². The minimum atomic E-state index is 0.170. The van der Waals surface area contributed by atoms with Gasteiger partial charge in [-0.05, 0) is 102 Å². The van der Waals surface area contributed by atoms with E-state index in [-0.39, 0.29) is 6.10 Å². The fourth-order valence-electron chi connectivity index (χ4n) is 4.73. The molecule has 4 heteroatoms. The molecule has 168 valence electrons. The number of hydrogen-bond acceptors (Lipinski definition) is 4. The van der Waals surface area contributed by atoms with Crippen molar-refractivity contribution in [1.82, 2.24) is 0 Å². The maximum atomic E-state index is 6.27. The molecule has 0 radical (unpaired) electrons. The predicted octanol–water partition coefficient (Wildman–Crippen LogP) is 7.44. The van der Waals surface area contributed by atoms with Gasteiger partial charge in [-0.25, -0.2) is 0 Å². The number of benzene rings is 3. The van der Waals surface area contributed by atoms with Gasteiger partial charge in [-0.15, -0.1) is 0 Å². The molecule has 4 rings (SSSR count). The fourth-order valence-corrected chi connectivity index (χ4v) is 4.73. The zero-order valence-electron chi connectivity index (χ0n) is 20.3. The van der Waals surface area contributed by atoms with Crippen LogP contribution >= 0.6 is 0 Å². The summed E-state index contributed by atoms with van der Waals surface area (Å²) in [6.07, 6.45) is 0.170. The number of fused-ring (bicyclic) bond motifs is 2. The van der Waals surface area contributed by atoms with E-state index in [1.807, 2.05) is 13.8 Å². The number of aryl methyl sites for hydroxylation is 1. The van der Waals surface area contributed by atoms with E-state index in [0.29, 0.717) is 12.1 Å². The van der Waals surface area contributed by atoms with Crippen molar-refractivity contribution in [3.8, 4) is 16.9 Å². The smallest absolute Gasteiger partial charge is 0.119 e. The van der Waals surface area contributed by atoms with Gasteiger partial charge in [0.1, 0.15) is 5.75 Å². The Balaban J connectivity index is 1.86. The summed E-state index contributed by atoms with van der Waals surface area (Å²) in [6, 6.07) is 20.0. The summed E-state index contributed by atoms with van der Waals surface area (Å²) < 4.78 is 5.82. The monoisotopic (exact) mass is 429 g/mol. The van der Waals surface area contributed by atoms with Gasteiger partial charge in [-0.3, -0.25) is 0 Å². The van der Waals surface area contributed by atoms with E-state index in [9.17, 15) is 0 Å². The average Bonchev–Trinajstić information content (AvgIpc) is 2.71. The van der Waals surface area contributed by atoms with Crippen molar-refractivity contribution in [1.29, 1.82) is 0 Å². The average molecular weight is 430 g/mol. The summed E-state index contributed by atoms with van der Waals surface area (Å²) in [4.78, 5) is 4.87. The standard InChI is InChI=1S/C28H35N3O/c1-17(2)30-25-13-10-22(21-8-11-24(12-9-21)32-19(5)6)15-26(25)31(18(3)4)28-20(7)14-23(29)16-27(28)30/h8-19H,29H2,1-7H3. The van der Waals surface area contributed by atoms with Gasteiger partial charge < -0.3 is 20.3 Å². The van der Waals surface area contributed by atoms with Crippen molar-refractivity contribution < 1.29 is 4.74 Å². The lowest BCUT2D eigenvalue weighted by molar-refractivity contribution is 0.242. The Morgan fingerprint density at radius 3 is 1.91 bits per heavy atom. The highest BCUT2D eigenvalue weighted by atomic mass is 16.5. The zero-order chi connectivity index (χ0) is 23.2. The van der Waals surface area contributed by atoms with E-state index in [4.69, 9.17) is 10.5 Å². The molecule has 3 aromatic rings. The van der Waals surface area contributed by atoms with Crippen LogP contribution in [0, 0.1) is 6.92 Å². The van der Waals surface area contributed by atoms with Crippen molar-refractivity contribution in [2.75, 3.05) is 15.5 Å². The molecule has 3 aromatic carbocycles. The molecule has 32 heavy (non-hydrogen) atoms. The first-order valence-electron chi connectivity index (χ1n) is 11.6. The quantitative estimate of drug-likeness (QED) is 0.428. The Hall–Kier alpha value is -3.14. The van der Waals surface area contributed by atoms with Crippen LogP contribution in [0.3, 0.4) is 0 Å². The summed E-state index contributed by atoms with van der Waals surface area (Å²) in [7, 11) is 0. The predicted molar refractivity (Wildman–Crippen MR) is 138 cm³/mol. The molecule has 0 aromatic heterocycles. The normalized spacial score (nSPS) is 13.1. The lowest BCUT2D eigenvalue weighted by Crippen LogP contribution is -2.37. The summed E-state index contributed by atoms with van der Waals surface area (Å²) in [6.45, 7) is 15.2. The van der Waals surface area contributed by atoms with E-state index in [0.717, 1.165) is 11.4 Å². The highest BCUT2D eigenvalue weighted by Gasteiger charge is 2.33. The first-order valence-corrected chi connectivity index (χ1v) is 11.6. The van der Waals surface area contributed by atoms with Gasteiger partial charge in [0.25, 0.3) is 0 Å². The second-order valence-electron chi connectivity index (χ2n) is 9.53. The molecule has 0 fully saturated rings. The molecule has 4 nitrogen and oxygen atoms in total. The molecule has 0 saturated carbocycles. The lowest BCUT2D eigenvalue weighted by Gasteiger charge is -2.45. The van der Waals surface area contributed by atoms with Gasteiger partial charge in [0, 0.05) is 17.8 Å². The van der Waals surface area contributed by atoms with Crippen LogP contribution < -0.4 is 20.3 Å². The number of rotatable bonds is 5. The van der Waals surface area contributed by atoms with Crippen molar-refractivity contribution in [2.45, 2.75) is 66.7 Å². The number of nitrogens with zero attached hydrogens (tertiary/aromatic N) is 2. The molecule has 1 heterocycles. The highest BCUT2D eigenvalue weighted by Crippen LogP contribution is 2.52. The van der Waals surface area contributed by atoms with E-state index in [1.54, 1.807) is 0 Å². The number of anilines is 5. The third kappa shape index (κ3) is 3.90. The van der Waals surface area contributed by atoms with Gasteiger partial charge in [0.05, 0.1) is 28.9 Å². The van der Waals surface area contributed by atoms with Crippen LogP contribution in [0.2, 0.25) is 0 Å². The second-order valence-corrected chi connectivity index (χ2v) is 9.53. The molecule has 0 aliphatic carbocycles. The number of nitrogens with two attached hydrogens (primary N) is 1. The first-order chi connectivity index (χ1) is 15.2. The van der Waals surface area contributed by atoms with Gasteiger partial charge >= 0.3 is 0 Å². The summed E-state index contributed by atoms with van der Waals surface area (Å²) in [5, 5.41) is 0. The molecule has 0 amide bonds. The van der Waals surface area contributed by atoms with Crippen LogP contribution in [0.25, 0.3) is 11.1 Å².